The van der Waals surface area contributed by atoms with Gasteiger partial charge in [-0.15, -0.1) is 11.3 Å². The number of nitrogens with one attached hydrogen (secondary N) is 2. The molecule has 2 aliphatic heterocycles. The van der Waals surface area contributed by atoms with E-state index in [0.29, 0.717) is 30.1 Å². The molecule has 2 amide bonds. The summed E-state index contributed by atoms with van der Waals surface area (Å²) in [5.41, 5.74) is 2.92. The summed E-state index contributed by atoms with van der Waals surface area (Å²) < 4.78 is 0. The van der Waals surface area contributed by atoms with Crippen LogP contribution in [0.3, 0.4) is 0 Å². The van der Waals surface area contributed by atoms with Gasteiger partial charge in [0.1, 0.15) is 5.01 Å². The largest absolute Gasteiger partial charge is 0.389 e. The van der Waals surface area contributed by atoms with Crippen LogP contribution in [0.4, 0.5) is 0 Å². The molecule has 7 nitrogen and oxygen atoms in total. The SMILES string of the molecule is Cc1csc([C@H]2CCCN2C(=O)c2cccc(C(=O)N[C@@H](Cc3ccccc3)[C@H](O)[C@H]3CC[C@@H](C)N3)c2)n1. The molecule has 0 unspecified atom stereocenters. The van der Waals surface area contributed by atoms with E-state index in [9.17, 15) is 14.7 Å². The second kappa shape index (κ2) is 11.8. The van der Waals surface area contributed by atoms with Crippen LogP contribution in [0.5, 0.6) is 0 Å². The van der Waals surface area contributed by atoms with E-state index in [2.05, 4.69) is 22.5 Å². The van der Waals surface area contributed by atoms with Crippen molar-refractivity contribution in [1.82, 2.24) is 20.5 Å². The van der Waals surface area contributed by atoms with Crippen molar-refractivity contribution in [2.75, 3.05) is 6.54 Å². The van der Waals surface area contributed by atoms with E-state index in [0.717, 1.165) is 41.9 Å². The molecular formula is C30H36N4O3S. The van der Waals surface area contributed by atoms with Crippen molar-refractivity contribution in [1.29, 1.82) is 0 Å². The maximum atomic E-state index is 13.5. The number of hydrogen-bond acceptors (Lipinski definition) is 6. The van der Waals surface area contributed by atoms with Crippen molar-refractivity contribution in [2.24, 2.45) is 0 Å². The number of carbonyl (C=O) groups is 2. The summed E-state index contributed by atoms with van der Waals surface area (Å²) in [6.45, 7) is 4.76. The molecule has 200 valence electrons. The maximum absolute atomic E-state index is 13.5. The predicted molar refractivity (Wildman–Crippen MR) is 149 cm³/mol. The Morgan fingerprint density at radius 1 is 1.13 bits per heavy atom. The summed E-state index contributed by atoms with van der Waals surface area (Å²) in [5.74, 6) is -0.376. The van der Waals surface area contributed by atoms with Crippen LogP contribution in [-0.2, 0) is 6.42 Å². The standard InChI is InChI=1S/C30H36N4O3S/c1-19-13-14-24(31-19)27(35)25(16-21-8-4-3-5-9-21)33-28(36)22-10-6-11-23(17-22)30(37)34-15-7-12-26(34)29-32-20(2)18-38-29/h3-6,8-11,17-19,24-27,31,35H,7,12-16H2,1-2H3,(H,33,36)/t19-,24-,25+,26-,27-/m1/s1. The number of thiazole rings is 1. The lowest BCUT2D eigenvalue weighted by atomic mass is 9.95. The van der Waals surface area contributed by atoms with E-state index in [1.165, 1.54) is 0 Å². The Morgan fingerprint density at radius 2 is 1.92 bits per heavy atom. The first-order chi connectivity index (χ1) is 18.4. The van der Waals surface area contributed by atoms with Gasteiger partial charge in [-0.3, -0.25) is 9.59 Å². The number of likely N-dealkylation sites (tertiary alicyclic amines) is 1. The van der Waals surface area contributed by atoms with E-state index in [-0.39, 0.29) is 23.9 Å². The number of benzene rings is 2. The first kappa shape index (κ1) is 26.5. The van der Waals surface area contributed by atoms with Crippen LogP contribution in [0, 0.1) is 6.92 Å². The molecule has 2 aliphatic rings. The zero-order valence-electron chi connectivity index (χ0n) is 22.0. The summed E-state index contributed by atoms with van der Waals surface area (Å²) in [4.78, 5) is 33.4. The third kappa shape index (κ3) is 5.98. The first-order valence-electron chi connectivity index (χ1n) is 13.5. The van der Waals surface area contributed by atoms with Crippen molar-refractivity contribution in [2.45, 2.75) is 76.2 Å². The number of rotatable bonds is 8. The van der Waals surface area contributed by atoms with E-state index in [4.69, 9.17) is 0 Å². The number of aliphatic hydroxyl groups excluding tert-OH is 1. The summed E-state index contributed by atoms with van der Waals surface area (Å²) in [5, 5.41) is 20.8. The number of nitrogens with zero attached hydrogens (tertiary/aromatic N) is 2. The number of carbonyl (C=O) groups excluding carboxylic acids is 2. The Kier molecular flexibility index (Phi) is 8.21. The molecule has 2 saturated heterocycles. The minimum Gasteiger partial charge on any atom is -0.389 e. The summed E-state index contributed by atoms with van der Waals surface area (Å²) in [7, 11) is 0. The van der Waals surface area contributed by atoms with Crippen LogP contribution in [-0.4, -0.2) is 57.6 Å². The monoisotopic (exact) mass is 532 g/mol. The average molecular weight is 533 g/mol. The van der Waals surface area contributed by atoms with Crippen molar-refractivity contribution in [3.8, 4) is 0 Å². The number of aryl methyl sites for hydroxylation is 1. The van der Waals surface area contributed by atoms with Gasteiger partial charge >= 0.3 is 0 Å². The average Bonchev–Trinajstić information content (AvgIpc) is 3.69. The smallest absolute Gasteiger partial charge is 0.254 e. The Bertz CT molecular complexity index is 1260. The molecular weight excluding hydrogens is 496 g/mol. The molecule has 3 heterocycles. The van der Waals surface area contributed by atoms with Gasteiger partial charge < -0.3 is 20.6 Å². The van der Waals surface area contributed by atoms with Crippen molar-refractivity contribution in [3.05, 3.63) is 87.4 Å². The third-order valence-electron chi connectivity index (χ3n) is 7.66. The van der Waals surface area contributed by atoms with Crippen molar-refractivity contribution < 1.29 is 14.7 Å². The van der Waals surface area contributed by atoms with Crippen LogP contribution in [0.25, 0.3) is 0 Å². The van der Waals surface area contributed by atoms with Gasteiger partial charge in [0.2, 0.25) is 0 Å². The Hall–Kier alpha value is -3.07. The number of amides is 2. The third-order valence-corrected chi connectivity index (χ3v) is 8.72. The zero-order chi connectivity index (χ0) is 26.6. The molecule has 3 N–H and O–H groups in total. The van der Waals surface area contributed by atoms with Gasteiger partial charge in [-0.05, 0) is 69.7 Å². The summed E-state index contributed by atoms with van der Waals surface area (Å²) >= 11 is 1.59. The number of aliphatic hydroxyl groups is 1. The van der Waals surface area contributed by atoms with Crippen molar-refractivity contribution >= 4 is 23.2 Å². The van der Waals surface area contributed by atoms with Gasteiger partial charge in [0.25, 0.3) is 11.8 Å². The number of aromatic nitrogens is 1. The van der Waals surface area contributed by atoms with E-state index in [1.807, 2.05) is 47.5 Å². The Morgan fingerprint density at radius 3 is 2.63 bits per heavy atom. The molecule has 2 fully saturated rings. The summed E-state index contributed by atoms with van der Waals surface area (Å²) in [6, 6.07) is 16.6. The fourth-order valence-corrected chi connectivity index (χ4v) is 6.58. The van der Waals surface area contributed by atoms with E-state index in [1.54, 1.807) is 35.6 Å². The van der Waals surface area contributed by atoms with Crippen LogP contribution < -0.4 is 10.6 Å². The molecule has 0 bridgehead atoms. The molecule has 0 aliphatic carbocycles. The molecule has 1 aromatic heterocycles. The molecule has 0 saturated carbocycles. The second-order valence-corrected chi connectivity index (χ2v) is 11.5. The molecule has 0 spiro atoms. The molecule has 3 aromatic rings. The highest BCUT2D eigenvalue weighted by Gasteiger charge is 2.34. The quantitative estimate of drug-likeness (QED) is 0.403. The summed E-state index contributed by atoms with van der Waals surface area (Å²) in [6.07, 6.45) is 3.47. The molecule has 8 heteroatoms. The predicted octanol–water partition coefficient (Wildman–Crippen LogP) is 4.27. The normalized spacial score (nSPS) is 22.8. The molecule has 2 aromatic carbocycles. The number of hydrogen-bond donors (Lipinski definition) is 3. The van der Waals surface area contributed by atoms with Gasteiger partial charge in [0.05, 0.1) is 18.2 Å². The highest BCUT2D eigenvalue weighted by molar-refractivity contribution is 7.09. The second-order valence-electron chi connectivity index (χ2n) is 10.6. The molecule has 38 heavy (non-hydrogen) atoms. The zero-order valence-corrected chi connectivity index (χ0v) is 22.8. The van der Waals surface area contributed by atoms with E-state index >= 15 is 0 Å². The van der Waals surface area contributed by atoms with Gasteiger partial charge in [-0.25, -0.2) is 4.98 Å². The lowest BCUT2D eigenvalue weighted by Crippen LogP contribution is -2.52. The minimum absolute atomic E-state index is 0.0228. The van der Waals surface area contributed by atoms with Crippen LogP contribution in [0.2, 0.25) is 0 Å². The lowest BCUT2D eigenvalue weighted by Gasteiger charge is -2.29. The highest BCUT2D eigenvalue weighted by atomic mass is 32.1. The van der Waals surface area contributed by atoms with Gasteiger partial charge in [0, 0.05) is 40.8 Å². The fourth-order valence-electron chi connectivity index (χ4n) is 5.64. The fraction of sp³-hybridized carbons (Fsp3) is 0.433. The topological polar surface area (TPSA) is 94.6 Å². The van der Waals surface area contributed by atoms with Crippen LogP contribution in [0.15, 0.2) is 60.0 Å². The molecule has 5 rings (SSSR count). The Balaban J connectivity index is 1.32. The Labute approximate surface area is 228 Å². The molecule has 0 radical (unpaired) electrons. The van der Waals surface area contributed by atoms with Gasteiger partial charge in [0.15, 0.2) is 0 Å². The van der Waals surface area contributed by atoms with Gasteiger partial charge in [-0.2, -0.15) is 0 Å². The highest BCUT2D eigenvalue weighted by Crippen LogP contribution is 2.34. The van der Waals surface area contributed by atoms with Crippen LogP contribution in [0.1, 0.15) is 75.6 Å². The molecule has 5 atom stereocenters. The first-order valence-corrected chi connectivity index (χ1v) is 14.4. The van der Waals surface area contributed by atoms with Gasteiger partial charge in [-0.1, -0.05) is 36.4 Å². The van der Waals surface area contributed by atoms with Crippen LogP contribution >= 0.6 is 11.3 Å². The van der Waals surface area contributed by atoms with E-state index < -0.39 is 12.1 Å². The lowest BCUT2D eigenvalue weighted by molar-refractivity contribution is 0.0730. The maximum Gasteiger partial charge on any atom is 0.254 e. The minimum atomic E-state index is -0.735. The van der Waals surface area contributed by atoms with Crippen molar-refractivity contribution in [3.63, 3.8) is 0 Å².